The Morgan fingerprint density at radius 2 is 0.788 bits per heavy atom. The molecule has 0 N–H and O–H groups in total. The summed E-state index contributed by atoms with van der Waals surface area (Å²) in [5, 5.41) is 9.69. The molecule has 1 heterocycles. The zero-order valence-electron chi connectivity index (χ0n) is 29.1. The molecule has 0 unspecified atom stereocenters. The number of nitrogens with zero attached hydrogens (tertiary/aromatic N) is 1. The van der Waals surface area contributed by atoms with E-state index < -0.39 is 0 Å². The summed E-state index contributed by atoms with van der Waals surface area (Å²) >= 11 is 0. The van der Waals surface area contributed by atoms with Gasteiger partial charge in [-0.25, -0.2) is 0 Å². The van der Waals surface area contributed by atoms with E-state index in [0.717, 1.165) is 39.0 Å². The average molecular weight is 666 g/mol. The molecule has 246 valence electrons. The Bertz CT molecular complexity index is 2910. The van der Waals surface area contributed by atoms with Gasteiger partial charge < -0.3 is 9.32 Å². The smallest absolute Gasteiger partial charge is 0.135 e. The standard InChI is InChI=1S/C50H35NO/c1-32-15-22-38(23-16-32)51(39-24-17-33(2)18-25-39)40-26-19-34(20-27-40)49-42-12-5-6-13-43(42)50(46-30-36-10-4-3-9-35(36)29-45(46)49)37-21-28-48-44(31-37)41-11-7-8-14-47(41)52-48/h3-31H,1-2H3. The van der Waals surface area contributed by atoms with Crippen molar-refractivity contribution in [1.29, 1.82) is 0 Å². The number of anilines is 3. The molecule has 0 aliphatic carbocycles. The summed E-state index contributed by atoms with van der Waals surface area (Å²) in [7, 11) is 0. The highest BCUT2D eigenvalue weighted by Crippen LogP contribution is 2.46. The van der Waals surface area contributed by atoms with Crippen molar-refractivity contribution in [3.8, 4) is 22.3 Å². The Morgan fingerprint density at radius 1 is 0.346 bits per heavy atom. The van der Waals surface area contributed by atoms with Crippen LogP contribution in [0.5, 0.6) is 0 Å². The Morgan fingerprint density at radius 3 is 1.37 bits per heavy atom. The minimum absolute atomic E-state index is 0.908. The molecular weight excluding hydrogens is 631 g/mol. The van der Waals surface area contributed by atoms with Crippen molar-refractivity contribution in [2.45, 2.75) is 13.8 Å². The number of hydrogen-bond acceptors (Lipinski definition) is 2. The molecule has 2 nitrogen and oxygen atoms in total. The first-order valence-electron chi connectivity index (χ1n) is 17.9. The van der Waals surface area contributed by atoms with E-state index in [-0.39, 0.29) is 0 Å². The van der Waals surface area contributed by atoms with Gasteiger partial charge in [-0.2, -0.15) is 0 Å². The summed E-state index contributed by atoms with van der Waals surface area (Å²) in [6.07, 6.45) is 0. The van der Waals surface area contributed by atoms with Gasteiger partial charge in [-0.15, -0.1) is 0 Å². The molecule has 0 aliphatic heterocycles. The minimum atomic E-state index is 0.908. The molecule has 0 radical (unpaired) electrons. The van der Waals surface area contributed by atoms with E-state index in [1.807, 2.05) is 12.1 Å². The zero-order valence-corrected chi connectivity index (χ0v) is 29.1. The monoisotopic (exact) mass is 665 g/mol. The van der Waals surface area contributed by atoms with Crippen LogP contribution in [0, 0.1) is 13.8 Å². The van der Waals surface area contributed by atoms with Crippen LogP contribution in [0.4, 0.5) is 17.1 Å². The van der Waals surface area contributed by atoms with Crippen molar-refractivity contribution in [3.05, 3.63) is 187 Å². The van der Waals surface area contributed by atoms with Crippen LogP contribution in [0.2, 0.25) is 0 Å². The first-order valence-corrected chi connectivity index (χ1v) is 17.9. The predicted octanol–water partition coefficient (Wildman–Crippen LogP) is 14.5. The molecule has 52 heavy (non-hydrogen) atoms. The van der Waals surface area contributed by atoms with Crippen LogP contribution in [0.25, 0.3) is 76.5 Å². The number of rotatable bonds is 5. The van der Waals surface area contributed by atoms with E-state index >= 15 is 0 Å². The summed E-state index contributed by atoms with van der Waals surface area (Å²) in [6.45, 7) is 4.27. The highest BCUT2D eigenvalue weighted by atomic mass is 16.3. The van der Waals surface area contributed by atoms with E-state index in [1.165, 1.54) is 65.7 Å². The summed E-state index contributed by atoms with van der Waals surface area (Å²) < 4.78 is 6.24. The van der Waals surface area contributed by atoms with Gasteiger partial charge in [-0.05, 0) is 135 Å². The molecular formula is C50H35NO. The highest BCUT2D eigenvalue weighted by Gasteiger charge is 2.20. The summed E-state index contributed by atoms with van der Waals surface area (Å²) in [5.41, 5.74) is 12.6. The number of furan rings is 1. The van der Waals surface area contributed by atoms with Gasteiger partial charge in [-0.1, -0.05) is 120 Å². The molecule has 1 aromatic heterocycles. The van der Waals surface area contributed by atoms with Crippen LogP contribution in [-0.4, -0.2) is 0 Å². The van der Waals surface area contributed by atoms with Crippen molar-refractivity contribution in [2.75, 3.05) is 4.90 Å². The molecule has 0 saturated heterocycles. The van der Waals surface area contributed by atoms with Gasteiger partial charge in [0.25, 0.3) is 0 Å². The predicted molar refractivity (Wildman–Crippen MR) is 221 cm³/mol. The number of fused-ring (bicyclic) bond motifs is 6. The van der Waals surface area contributed by atoms with Crippen LogP contribution in [0.15, 0.2) is 180 Å². The third-order valence-corrected chi connectivity index (χ3v) is 10.6. The molecule has 0 bridgehead atoms. The number of para-hydroxylation sites is 1. The summed E-state index contributed by atoms with van der Waals surface area (Å²) in [6, 6.07) is 64.1. The topological polar surface area (TPSA) is 16.4 Å². The van der Waals surface area contributed by atoms with Crippen LogP contribution in [-0.2, 0) is 0 Å². The lowest BCUT2D eigenvalue weighted by atomic mass is 9.84. The van der Waals surface area contributed by atoms with Gasteiger partial charge in [0.15, 0.2) is 0 Å². The molecule has 2 heteroatoms. The average Bonchev–Trinajstić information content (AvgIpc) is 3.56. The van der Waals surface area contributed by atoms with Crippen LogP contribution >= 0.6 is 0 Å². The Hall–Kier alpha value is -6.64. The van der Waals surface area contributed by atoms with E-state index in [9.17, 15) is 0 Å². The Kier molecular flexibility index (Phi) is 6.97. The second kappa shape index (κ2) is 12.0. The van der Waals surface area contributed by atoms with Crippen molar-refractivity contribution in [3.63, 3.8) is 0 Å². The lowest BCUT2D eigenvalue weighted by Crippen LogP contribution is -2.09. The van der Waals surface area contributed by atoms with Gasteiger partial charge >= 0.3 is 0 Å². The van der Waals surface area contributed by atoms with Crippen molar-refractivity contribution >= 4 is 71.3 Å². The van der Waals surface area contributed by atoms with E-state index in [1.54, 1.807) is 0 Å². The molecule has 10 rings (SSSR count). The van der Waals surface area contributed by atoms with Gasteiger partial charge in [0.1, 0.15) is 11.2 Å². The Balaban J connectivity index is 1.21. The zero-order chi connectivity index (χ0) is 34.8. The first kappa shape index (κ1) is 30.2. The molecule has 0 amide bonds. The summed E-state index contributed by atoms with van der Waals surface area (Å²) in [4.78, 5) is 2.34. The first-order chi connectivity index (χ1) is 25.6. The maximum atomic E-state index is 6.24. The molecule has 0 atom stereocenters. The van der Waals surface area contributed by atoms with Crippen molar-refractivity contribution < 1.29 is 4.42 Å². The molecule has 0 spiro atoms. The van der Waals surface area contributed by atoms with Crippen LogP contribution in [0.3, 0.4) is 0 Å². The third-order valence-electron chi connectivity index (χ3n) is 10.6. The fraction of sp³-hybridized carbons (Fsp3) is 0.0400. The van der Waals surface area contributed by atoms with E-state index in [4.69, 9.17) is 4.42 Å². The number of aryl methyl sites for hydroxylation is 2. The normalized spacial score (nSPS) is 11.7. The fourth-order valence-corrected chi connectivity index (χ4v) is 7.98. The van der Waals surface area contributed by atoms with Crippen molar-refractivity contribution in [1.82, 2.24) is 0 Å². The third kappa shape index (κ3) is 4.95. The molecule has 0 fully saturated rings. The van der Waals surface area contributed by atoms with Crippen molar-refractivity contribution in [2.24, 2.45) is 0 Å². The van der Waals surface area contributed by atoms with Crippen LogP contribution < -0.4 is 4.90 Å². The Labute approximate surface area is 302 Å². The maximum absolute atomic E-state index is 6.24. The second-order valence-corrected chi connectivity index (χ2v) is 13.9. The minimum Gasteiger partial charge on any atom is -0.456 e. The lowest BCUT2D eigenvalue weighted by Gasteiger charge is -2.26. The number of benzene rings is 9. The van der Waals surface area contributed by atoms with Crippen LogP contribution in [0.1, 0.15) is 11.1 Å². The summed E-state index contributed by atoms with van der Waals surface area (Å²) in [5.74, 6) is 0. The van der Waals surface area contributed by atoms with Gasteiger partial charge in [0, 0.05) is 27.8 Å². The molecule has 9 aromatic carbocycles. The highest BCUT2D eigenvalue weighted by molar-refractivity contribution is 6.24. The van der Waals surface area contributed by atoms with Gasteiger partial charge in [-0.3, -0.25) is 0 Å². The maximum Gasteiger partial charge on any atom is 0.135 e. The SMILES string of the molecule is Cc1ccc(N(c2ccc(C)cc2)c2ccc(-c3c4ccccc4c(-c4ccc5oc6ccccc6c5c4)c4cc5ccccc5cc34)cc2)cc1. The number of hydrogen-bond donors (Lipinski definition) is 0. The van der Waals surface area contributed by atoms with E-state index in [0.29, 0.717) is 0 Å². The van der Waals surface area contributed by atoms with Gasteiger partial charge in [0.05, 0.1) is 0 Å². The van der Waals surface area contributed by atoms with Gasteiger partial charge in [0.2, 0.25) is 0 Å². The fourth-order valence-electron chi connectivity index (χ4n) is 7.98. The molecule has 10 aromatic rings. The second-order valence-electron chi connectivity index (χ2n) is 13.9. The largest absolute Gasteiger partial charge is 0.456 e. The lowest BCUT2D eigenvalue weighted by molar-refractivity contribution is 0.669. The molecule has 0 saturated carbocycles. The molecule has 0 aliphatic rings. The quantitative estimate of drug-likeness (QED) is 0.170. The van der Waals surface area contributed by atoms with E-state index in [2.05, 4.69) is 183 Å².